The van der Waals surface area contributed by atoms with Gasteiger partial charge in [0.1, 0.15) is 6.61 Å². The van der Waals surface area contributed by atoms with Crippen LogP contribution < -0.4 is 10.6 Å². The number of amides is 2. The number of fused-ring (bicyclic) bond motifs is 3. The highest BCUT2D eigenvalue weighted by Crippen LogP contribution is 2.44. The second kappa shape index (κ2) is 10.3. The van der Waals surface area contributed by atoms with Crippen molar-refractivity contribution in [2.45, 2.75) is 38.3 Å². The largest absolute Gasteiger partial charge is 0.479 e. The molecule has 0 radical (unpaired) electrons. The minimum absolute atomic E-state index is 0.0370. The van der Waals surface area contributed by atoms with Crippen LogP contribution in [0.15, 0.2) is 48.5 Å². The van der Waals surface area contributed by atoms with Gasteiger partial charge in [-0.2, -0.15) is 0 Å². The first-order valence-corrected chi connectivity index (χ1v) is 11.6. The Morgan fingerprint density at radius 3 is 2.29 bits per heavy atom. The topological polar surface area (TPSA) is 114 Å². The Morgan fingerprint density at radius 2 is 1.68 bits per heavy atom. The Morgan fingerprint density at radius 1 is 1.06 bits per heavy atom. The maximum atomic E-state index is 12.5. The zero-order chi connectivity index (χ0) is 24.2. The van der Waals surface area contributed by atoms with E-state index in [-0.39, 0.29) is 30.9 Å². The van der Waals surface area contributed by atoms with Gasteiger partial charge >= 0.3 is 12.1 Å². The van der Waals surface area contributed by atoms with Crippen LogP contribution in [0, 0.1) is 11.8 Å². The highest BCUT2D eigenvalue weighted by Gasteiger charge is 2.35. The van der Waals surface area contributed by atoms with Crippen LogP contribution in [0.2, 0.25) is 0 Å². The molecule has 180 valence electrons. The Kier molecular flexibility index (Phi) is 7.17. The molecule has 4 rings (SSSR count). The van der Waals surface area contributed by atoms with Crippen molar-refractivity contribution in [2.75, 3.05) is 19.8 Å². The van der Waals surface area contributed by atoms with Crippen LogP contribution in [0.1, 0.15) is 37.3 Å². The molecule has 2 unspecified atom stereocenters. The fraction of sp³-hybridized carbons (Fsp3) is 0.423. The fourth-order valence-electron chi connectivity index (χ4n) is 4.69. The summed E-state index contributed by atoms with van der Waals surface area (Å²) in [6.07, 6.45) is -0.893. The lowest BCUT2D eigenvalue weighted by molar-refractivity contribution is -0.149. The number of carbonyl (C=O) groups excluding carboxylic acids is 2. The summed E-state index contributed by atoms with van der Waals surface area (Å²) < 4.78 is 10.8. The van der Waals surface area contributed by atoms with E-state index in [4.69, 9.17) is 9.47 Å². The number of benzene rings is 2. The molecule has 34 heavy (non-hydrogen) atoms. The summed E-state index contributed by atoms with van der Waals surface area (Å²) in [7, 11) is 0. The molecule has 2 aliphatic rings. The number of hydrogen-bond acceptors (Lipinski definition) is 5. The number of hydrogen-bond donors (Lipinski definition) is 3. The lowest BCUT2D eigenvalue weighted by Crippen LogP contribution is -2.46. The maximum absolute atomic E-state index is 12.5. The molecule has 0 bridgehead atoms. The van der Waals surface area contributed by atoms with Gasteiger partial charge in [0, 0.05) is 31.0 Å². The molecule has 1 fully saturated rings. The van der Waals surface area contributed by atoms with E-state index in [1.165, 1.54) is 0 Å². The monoisotopic (exact) mass is 466 g/mol. The molecule has 0 saturated carbocycles. The quantitative estimate of drug-likeness (QED) is 0.551. The lowest BCUT2D eigenvalue weighted by Gasteiger charge is -2.22. The van der Waals surface area contributed by atoms with Gasteiger partial charge in [-0.25, -0.2) is 9.59 Å². The van der Waals surface area contributed by atoms with Gasteiger partial charge in [0.05, 0.1) is 5.92 Å². The third-order valence-corrected chi connectivity index (χ3v) is 6.85. The number of carboxylic acid groups (broad SMARTS) is 1. The summed E-state index contributed by atoms with van der Waals surface area (Å²) in [6, 6.07) is 15.8. The van der Waals surface area contributed by atoms with Crippen molar-refractivity contribution in [3.8, 4) is 11.1 Å². The van der Waals surface area contributed by atoms with Crippen LogP contribution in [-0.2, 0) is 19.1 Å². The van der Waals surface area contributed by atoms with Gasteiger partial charge < -0.3 is 25.2 Å². The van der Waals surface area contributed by atoms with Gasteiger partial charge in [-0.1, -0.05) is 55.5 Å². The number of alkyl carbamates (subject to hydrolysis) is 1. The molecule has 1 heterocycles. The van der Waals surface area contributed by atoms with Gasteiger partial charge in [-0.15, -0.1) is 0 Å². The summed E-state index contributed by atoms with van der Waals surface area (Å²) in [5.74, 6) is -2.10. The molecular formula is C26H30N2O6. The molecule has 8 nitrogen and oxygen atoms in total. The van der Waals surface area contributed by atoms with E-state index in [0.29, 0.717) is 13.0 Å². The van der Waals surface area contributed by atoms with Gasteiger partial charge in [0.2, 0.25) is 5.91 Å². The highest BCUT2D eigenvalue weighted by molar-refractivity contribution is 5.81. The van der Waals surface area contributed by atoms with Crippen molar-refractivity contribution in [3.05, 3.63) is 59.7 Å². The van der Waals surface area contributed by atoms with Crippen molar-refractivity contribution >= 4 is 18.0 Å². The number of rotatable bonds is 8. The van der Waals surface area contributed by atoms with E-state index >= 15 is 0 Å². The normalized spacial score (nSPS) is 20.6. The number of carboxylic acids is 1. The van der Waals surface area contributed by atoms with E-state index in [1.54, 1.807) is 13.8 Å². The summed E-state index contributed by atoms with van der Waals surface area (Å²) in [4.78, 5) is 36.3. The molecule has 0 aromatic heterocycles. The van der Waals surface area contributed by atoms with Crippen molar-refractivity contribution in [1.82, 2.24) is 10.6 Å². The van der Waals surface area contributed by atoms with Crippen LogP contribution >= 0.6 is 0 Å². The summed E-state index contributed by atoms with van der Waals surface area (Å²) in [6.45, 7) is 4.24. The SMILES string of the molecule is CC(NC(=O)OCC1c2ccccc2-c2ccccc21)C(C)C(=O)NC[C@@H]1CCO[C@@H]1C(=O)O. The Labute approximate surface area is 198 Å². The van der Waals surface area contributed by atoms with Gasteiger partial charge in [-0.3, -0.25) is 4.79 Å². The molecule has 0 spiro atoms. The lowest BCUT2D eigenvalue weighted by atomic mass is 9.98. The maximum Gasteiger partial charge on any atom is 0.407 e. The predicted molar refractivity (Wildman–Crippen MR) is 125 cm³/mol. The molecule has 1 aliphatic carbocycles. The number of ether oxygens (including phenoxy) is 2. The third-order valence-electron chi connectivity index (χ3n) is 6.85. The first kappa shape index (κ1) is 23.8. The first-order chi connectivity index (χ1) is 16.4. The van der Waals surface area contributed by atoms with Crippen molar-refractivity contribution < 1.29 is 29.0 Å². The average Bonchev–Trinajstić information content (AvgIpc) is 3.43. The number of carbonyl (C=O) groups is 3. The third kappa shape index (κ3) is 4.92. The van der Waals surface area contributed by atoms with Crippen molar-refractivity contribution in [1.29, 1.82) is 0 Å². The number of aliphatic carboxylic acids is 1. The van der Waals surface area contributed by atoms with Crippen LogP contribution in [0.5, 0.6) is 0 Å². The second-order valence-corrected chi connectivity index (χ2v) is 8.97. The predicted octanol–water partition coefficient (Wildman–Crippen LogP) is 3.16. The molecule has 2 aromatic rings. The summed E-state index contributed by atoms with van der Waals surface area (Å²) in [5, 5.41) is 14.7. The average molecular weight is 467 g/mol. The Bertz CT molecular complexity index is 1030. The minimum Gasteiger partial charge on any atom is -0.479 e. The van der Waals surface area contributed by atoms with Crippen LogP contribution in [-0.4, -0.2) is 55.0 Å². The highest BCUT2D eigenvalue weighted by atomic mass is 16.5. The van der Waals surface area contributed by atoms with Gasteiger partial charge in [0.25, 0.3) is 0 Å². The Balaban J connectivity index is 1.28. The molecule has 3 N–H and O–H groups in total. The van der Waals surface area contributed by atoms with Crippen LogP contribution in [0.3, 0.4) is 0 Å². The molecule has 2 amide bonds. The smallest absolute Gasteiger partial charge is 0.407 e. The fourth-order valence-corrected chi connectivity index (χ4v) is 4.69. The van der Waals surface area contributed by atoms with E-state index < -0.39 is 30.1 Å². The first-order valence-electron chi connectivity index (χ1n) is 11.6. The number of nitrogens with one attached hydrogen (secondary N) is 2. The summed E-state index contributed by atoms with van der Waals surface area (Å²) in [5.41, 5.74) is 4.58. The van der Waals surface area contributed by atoms with Gasteiger partial charge in [0.15, 0.2) is 6.10 Å². The second-order valence-electron chi connectivity index (χ2n) is 8.97. The van der Waals surface area contributed by atoms with Gasteiger partial charge in [-0.05, 0) is 35.6 Å². The van der Waals surface area contributed by atoms with E-state index in [0.717, 1.165) is 22.3 Å². The zero-order valence-corrected chi connectivity index (χ0v) is 19.3. The molecule has 8 heteroatoms. The molecule has 4 atom stereocenters. The van der Waals surface area contributed by atoms with E-state index in [1.807, 2.05) is 24.3 Å². The minimum atomic E-state index is -1.02. The molecule has 1 saturated heterocycles. The Hall–Kier alpha value is -3.39. The van der Waals surface area contributed by atoms with Crippen LogP contribution in [0.4, 0.5) is 4.79 Å². The van der Waals surface area contributed by atoms with Crippen molar-refractivity contribution in [3.63, 3.8) is 0 Å². The molecule has 2 aromatic carbocycles. The standard InChI is InChI=1S/C26H30N2O6/c1-15(24(29)27-13-17-11-12-33-23(17)25(30)31)16(2)28-26(32)34-14-22-20-9-5-3-7-18(20)19-8-4-6-10-21(19)22/h3-10,15-17,22-23H,11-14H2,1-2H3,(H,27,29)(H,28,32)(H,30,31)/t15?,16?,17-,23-/m0/s1. The van der Waals surface area contributed by atoms with E-state index in [9.17, 15) is 19.5 Å². The zero-order valence-electron chi connectivity index (χ0n) is 19.3. The van der Waals surface area contributed by atoms with E-state index in [2.05, 4.69) is 34.9 Å². The van der Waals surface area contributed by atoms with Crippen LogP contribution in [0.25, 0.3) is 11.1 Å². The molecular weight excluding hydrogens is 436 g/mol. The van der Waals surface area contributed by atoms with Crippen molar-refractivity contribution in [2.24, 2.45) is 11.8 Å². The molecule has 1 aliphatic heterocycles. The summed E-state index contributed by atoms with van der Waals surface area (Å²) >= 11 is 0.